The topological polar surface area (TPSA) is 49.6 Å². The molecule has 0 spiro atoms. The second-order valence-electron chi connectivity index (χ2n) is 5.16. The highest BCUT2D eigenvalue weighted by Gasteiger charge is 2.26. The molecule has 1 amide bonds. The number of carbonyl (C=O) groups excluding carboxylic acids is 1. The van der Waals surface area contributed by atoms with Crippen molar-refractivity contribution in [2.45, 2.75) is 19.4 Å². The van der Waals surface area contributed by atoms with Gasteiger partial charge in [0, 0.05) is 36.2 Å². The lowest BCUT2D eigenvalue weighted by atomic mass is 10.1. The highest BCUT2D eigenvalue weighted by molar-refractivity contribution is 9.10. The van der Waals surface area contributed by atoms with Crippen LogP contribution < -0.4 is 5.73 Å². The van der Waals surface area contributed by atoms with E-state index in [1.54, 1.807) is 0 Å². The molecule has 21 heavy (non-hydrogen) atoms. The van der Waals surface area contributed by atoms with Crippen molar-refractivity contribution in [1.29, 1.82) is 0 Å². The van der Waals surface area contributed by atoms with Crippen LogP contribution in [-0.2, 0) is 0 Å². The molecule has 1 fully saturated rings. The van der Waals surface area contributed by atoms with Gasteiger partial charge in [0.15, 0.2) is 0 Å². The number of hydrogen-bond donors (Lipinski definition) is 1. The Balaban J connectivity index is 1.96. The van der Waals surface area contributed by atoms with Crippen LogP contribution in [-0.4, -0.2) is 52.9 Å². The summed E-state index contributed by atoms with van der Waals surface area (Å²) in [6.45, 7) is 5.15. The first-order valence-electron chi connectivity index (χ1n) is 7.11. The summed E-state index contributed by atoms with van der Waals surface area (Å²) < 4.78 is 0.978. The third kappa shape index (κ3) is 4.02. The van der Waals surface area contributed by atoms with E-state index in [0.29, 0.717) is 18.1 Å². The molecule has 2 rings (SSSR count). The fourth-order valence-electron chi connectivity index (χ4n) is 2.65. The molecule has 2 N–H and O–H groups in total. The van der Waals surface area contributed by atoms with Gasteiger partial charge in [0.25, 0.3) is 5.91 Å². The van der Waals surface area contributed by atoms with E-state index in [9.17, 15) is 4.79 Å². The zero-order valence-corrected chi connectivity index (χ0v) is 14.5. The van der Waals surface area contributed by atoms with Crippen LogP contribution in [0.25, 0.3) is 0 Å². The van der Waals surface area contributed by atoms with E-state index in [0.717, 1.165) is 29.5 Å². The van der Waals surface area contributed by atoms with Crippen molar-refractivity contribution in [3.63, 3.8) is 0 Å². The highest BCUT2D eigenvalue weighted by atomic mass is 79.9. The first-order valence-corrected chi connectivity index (χ1v) is 8.31. The smallest absolute Gasteiger partial charge is 0.253 e. The monoisotopic (exact) mass is 369 g/mol. The minimum atomic E-state index is 0.0884. The third-order valence-corrected chi connectivity index (χ3v) is 4.65. The lowest BCUT2D eigenvalue weighted by Gasteiger charge is -2.38. The summed E-state index contributed by atoms with van der Waals surface area (Å²) in [5.74, 6) is 0.0884. The van der Waals surface area contributed by atoms with Gasteiger partial charge in [-0.3, -0.25) is 9.69 Å². The summed E-state index contributed by atoms with van der Waals surface area (Å²) in [5, 5.41) is 0. The van der Waals surface area contributed by atoms with E-state index < -0.39 is 0 Å². The van der Waals surface area contributed by atoms with Crippen LogP contribution in [0.5, 0.6) is 0 Å². The van der Waals surface area contributed by atoms with Crippen molar-refractivity contribution in [2.75, 3.05) is 26.2 Å². The minimum Gasteiger partial charge on any atom is -0.392 e. The molecule has 0 aromatic heterocycles. The van der Waals surface area contributed by atoms with Gasteiger partial charge in [-0.25, -0.2) is 0 Å². The summed E-state index contributed by atoms with van der Waals surface area (Å²) in [5.41, 5.74) is 6.51. The van der Waals surface area contributed by atoms with Gasteiger partial charge in [0.05, 0.1) is 11.0 Å². The van der Waals surface area contributed by atoms with Crippen LogP contribution in [0, 0.1) is 0 Å². The van der Waals surface area contributed by atoms with Gasteiger partial charge in [-0.2, -0.15) is 0 Å². The van der Waals surface area contributed by atoms with Crippen molar-refractivity contribution in [3.8, 4) is 0 Å². The first kappa shape index (κ1) is 16.4. The van der Waals surface area contributed by atoms with Gasteiger partial charge in [-0.05, 0) is 30.7 Å². The summed E-state index contributed by atoms with van der Waals surface area (Å²) in [6.07, 6.45) is 0.913. The molecule has 1 aromatic carbocycles. The number of carbonyl (C=O) groups is 1. The Hall–Kier alpha value is -0.980. The molecule has 1 aliphatic rings. The number of amides is 1. The molecule has 1 saturated heterocycles. The average Bonchev–Trinajstić information content (AvgIpc) is 2.48. The van der Waals surface area contributed by atoms with E-state index in [4.69, 9.17) is 18.0 Å². The van der Waals surface area contributed by atoms with E-state index in [1.807, 2.05) is 29.2 Å². The standard InChI is InChI=1S/C15H20BrN3OS/c1-2-13(14(17)21)18-7-9-19(10-8-18)15(20)11-3-5-12(16)6-4-11/h3-6,13H,2,7-10H2,1H3,(H2,17,21). The number of thiocarbonyl (C=S) groups is 1. The molecule has 6 heteroatoms. The van der Waals surface area contributed by atoms with Crippen LogP contribution in [0.1, 0.15) is 23.7 Å². The van der Waals surface area contributed by atoms with Crippen LogP contribution in [0.15, 0.2) is 28.7 Å². The largest absolute Gasteiger partial charge is 0.392 e. The molecule has 1 atom stereocenters. The van der Waals surface area contributed by atoms with Gasteiger partial charge >= 0.3 is 0 Å². The van der Waals surface area contributed by atoms with Gasteiger partial charge in [0.1, 0.15) is 0 Å². The van der Waals surface area contributed by atoms with Gasteiger partial charge < -0.3 is 10.6 Å². The lowest BCUT2D eigenvalue weighted by molar-refractivity contribution is 0.0612. The maximum absolute atomic E-state index is 12.4. The van der Waals surface area contributed by atoms with Crippen molar-refractivity contribution < 1.29 is 4.79 Å². The average molecular weight is 370 g/mol. The number of rotatable bonds is 4. The molecule has 1 heterocycles. The Morgan fingerprint density at radius 1 is 1.29 bits per heavy atom. The predicted octanol–water partition coefficient (Wildman–Crippen LogP) is 2.27. The lowest BCUT2D eigenvalue weighted by Crippen LogP contribution is -2.54. The van der Waals surface area contributed by atoms with E-state index >= 15 is 0 Å². The molecule has 0 saturated carbocycles. The second-order valence-corrected chi connectivity index (χ2v) is 6.55. The molecular weight excluding hydrogens is 350 g/mol. The van der Waals surface area contributed by atoms with E-state index in [1.165, 1.54) is 0 Å². The zero-order valence-electron chi connectivity index (χ0n) is 12.1. The number of hydrogen-bond acceptors (Lipinski definition) is 3. The van der Waals surface area contributed by atoms with Crippen LogP contribution in [0.2, 0.25) is 0 Å². The van der Waals surface area contributed by atoms with Gasteiger partial charge in [-0.15, -0.1) is 0 Å². The molecule has 114 valence electrons. The van der Waals surface area contributed by atoms with Crippen molar-refractivity contribution >= 4 is 39.0 Å². The maximum Gasteiger partial charge on any atom is 0.253 e. The minimum absolute atomic E-state index is 0.0884. The van der Waals surface area contributed by atoms with Gasteiger partial charge in [-0.1, -0.05) is 35.1 Å². The summed E-state index contributed by atoms with van der Waals surface area (Å²) in [6, 6.07) is 7.63. The summed E-state index contributed by atoms with van der Waals surface area (Å²) >= 11 is 8.50. The Kier molecular flexibility index (Phi) is 5.72. The quantitative estimate of drug-likeness (QED) is 0.827. The van der Waals surface area contributed by atoms with Gasteiger partial charge in [0.2, 0.25) is 0 Å². The Bertz CT molecular complexity index is 512. The first-order chi connectivity index (χ1) is 10.0. The number of benzene rings is 1. The molecule has 1 aliphatic heterocycles. The second kappa shape index (κ2) is 7.33. The van der Waals surface area contributed by atoms with Crippen LogP contribution >= 0.6 is 28.1 Å². The van der Waals surface area contributed by atoms with E-state index in [2.05, 4.69) is 27.8 Å². The summed E-state index contributed by atoms with van der Waals surface area (Å²) in [4.78, 5) is 17.1. The SMILES string of the molecule is CCC(C(N)=S)N1CCN(C(=O)c2ccc(Br)cc2)CC1. The zero-order chi connectivity index (χ0) is 15.4. The number of nitrogens with two attached hydrogens (primary N) is 1. The fraction of sp³-hybridized carbons (Fsp3) is 0.467. The molecule has 0 radical (unpaired) electrons. The normalized spacial score (nSPS) is 17.5. The molecule has 1 aromatic rings. The van der Waals surface area contributed by atoms with Crippen molar-refractivity contribution in [3.05, 3.63) is 34.3 Å². The number of halogens is 1. The third-order valence-electron chi connectivity index (χ3n) is 3.85. The molecule has 4 nitrogen and oxygen atoms in total. The number of piperazine rings is 1. The Morgan fingerprint density at radius 2 is 1.86 bits per heavy atom. The van der Waals surface area contributed by atoms with Crippen molar-refractivity contribution in [2.24, 2.45) is 5.73 Å². The Morgan fingerprint density at radius 3 is 2.33 bits per heavy atom. The molecule has 0 aliphatic carbocycles. The predicted molar refractivity (Wildman–Crippen MR) is 92.5 cm³/mol. The molecule has 1 unspecified atom stereocenters. The summed E-state index contributed by atoms with van der Waals surface area (Å²) in [7, 11) is 0. The fourth-order valence-corrected chi connectivity index (χ4v) is 3.23. The van der Waals surface area contributed by atoms with Crippen molar-refractivity contribution in [1.82, 2.24) is 9.80 Å². The van der Waals surface area contributed by atoms with Crippen LogP contribution in [0.3, 0.4) is 0 Å². The Labute approximate surface area is 139 Å². The van der Waals surface area contributed by atoms with E-state index in [-0.39, 0.29) is 11.9 Å². The number of nitrogens with zero attached hydrogens (tertiary/aromatic N) is 2. The molecule has 0 bridgehead atoms. The molecular formula is C15H20BrN3OS. The van der Waals surface area contributed by atoms with Crippen LogP contribution in [0.4, 0.5) is 0 Å². The highest BCUT2D eigenvalue weighted by Crippen LogP contribution is 2.15. The maximum atomic E-state index is 12.4.